The first-order valence-electron chi connectivity index (χ1n) is 7.92. The average molecular weight is 280 g/mol. The predicted molar refractivity (Wildman–Crippen MR) is 74.2 cm³/mol. The summed E-state index contributed by atoms with van der Waals surface area (Å²) in [6.07, 6.45) is 6.41. The lowest BCUT2D eigenvalue weighted by atomic mass is 9.81. The maximum atomic E-state index is 12.4. The van der Waals surface area contributed by atoms with Gasteiger partial charge in [0.25, 0.3) is 0 Å². The van der Waals surface area contributed by atoms with E-state index in [2.05, 4.69) is 10.2 Å². The predicted octanol–water partition coefficient (Wildman–Crippen LogP) is 1.23. The average Bonchev–Trinajstić information content (AvgIpc) is 3.04. The molecule has 2 saturated heterocycles. The maximum Gasteiger partial charge on any atom is 0.306 e. The molecule has 5 heteroatoms. The number of hydrogen-bond acceptors (Lipinski definition) is 3. The second kappa shape index (κ2) is 5.72. The van der Waals surface area contributed by atoms with Gasteiger partial charge in [0.1, 0.15) is 0 Å². The fraction of sp³-hybridized carbons (Fsp3) is 0.867. The number of carboxylic acids is 1. The normalized spacial score (nSPS) is 37.6. The summed E-state index contributed by atoms with van der Waals surface area (Å²) in [4.78, 5) is 25.9. The molecular weight excluding hydrogens is 256 g/mol. The van der Waals surface area contributed by atoms with Crippen LogP contribution in [0.5, 0.6) is 0 Å². The largest absolute Gasteiger partial charge is 0.481 e. The number of carbonyl (C=O) groups excluding carboxylic acids is 1. The Hall–Kier alpha value is -1.10. The molecule has 2 heterocycles. The van der Waals surface area contributed by atoms with Crippen LogP contribution in [0.1, 0.15) is 44.9 Å². The minimum atomic E-state index is -0.745. The molecule has 2 N–H and O–H groups in total. The minimum Gasteiger partial charge on any atom is -0.481 e. The van der Waals surface area contributed by atoms with Crippen molar-refractivity contribution in [1.82, 2.24) is 10.2 Å². The van der Waals surface area contributed by atoms with Gasteiger partial charge in [-0.05, 0) is 45.1 Å². The Labute approximate surface area is 119 Å². The summed E-state index contributed by atoms with van der Waals surface area (Å²) >= 11 is 0. The summed E-state index contributed by atoms with van der Waals surface area (Å²) in [6, 6.07) is 0.813. The van der Waals surface area contributed by atoms with Crippen LogP contribution in [0.15, 0.2) is 0 Å². The first-order valence-corrected chi connectivity index (χ1v) is 7.92. The molecule has 3 aliphatic rings. The molecule has 0 spiro atoms. The second-order valence-corrected chi connectivity index (χ2v) is 6.55. The zero-order chi connectivity index (χ0) is 14.1. The van der Waals surface area contributed by atoms with E-state index in [-0.39, 0.29) is 23.8 Å². The number of carboxylic acid groups (broad SMARTS) is 1. The van der Waals surface area contributed by atoms with E-state index >= 15 is 0 Å². The molecule has 2 aliphatic heterocycles. The lowest BCUT2D eigenvalue weighted by Gasteiger charge is -2.28. The molecule has 0 bridgehead atoms. The van der Waals surface area contributed by atoms with E-state index in [4.69, 9.17) is 5.11 Å². The third-order valence-electron chi connectivity index (χ3n) is 5.33. The molecule has 4 atom stereocenters. The van der Waals surface area contributed by atoms with Crippen molar-refractivity contribution in [1.29, 1.82) is 0 Å². The Morgan fingerprint density at radius 3 is 2.60 bits per heavy atom. The molecule has 3 fully saturated rings. The van der Waals surface area contributed by atoms with Crippen molar-refractivity contribution < 1.29 is 14.7 Å². The molecule has 112 valence electrons. The number of fused-ring (bicyclic) bond motifs is 1. The van der Waals surface area contributed by atoms with Crippen LogP contribution in [0, 0.1) is 11.8 Å². The van der Waals surface area contributed by atoms with Gasteiger partial charge in [-0.15, -0.1) is 0 Å². The van der Waals surface area contributed by atoms with E-state index in [9.17, 15) is 9.59 Å². The Bertz CT molecular complexity index is 399. The van der Waals surface area contributed by atoms with Crippen LogP contribution in [-0.2, 0) is 9.59 Å². The smallest absolute Gasteiger partial charge is 0.306 e. The van der Waals surface area contributed by atoms with Gasteiger partial charge in [-0.2, -0.15) is 0 Å². The first-order chi connectivity index (χ1) is 9.65. The Kier molecular flexibility index (Phi) is 3.96. The summed E-state index contributed by atoms with van der Waals surface area (Å²) in [7, 11) is 0. The molecule has 0 aromatic rings. The van der Waals surface area contributed by atoms with Crippen LogP contribution < -0.4 is 5.32 Å². The molecule has 1 amide bonds. The molecule has 1 aliphatic carbocycles. The molecule has 5 nitrogen and oxygen atoms in total. The van der Waals surface area contributed by atoms with Crippen LogP contribution in [0.2, 0.25) is 0 Å². The molecule has 0 aromatic carbocycles. The van der Waals surface area contributed by atoms with E-state index in [1.807, 2.05) is 0 Å². The maximum absolute atomic E-state index is 12.4. The first kappa shape index (κ1) is 13.9. The molecular formula is C15H24N2O3. The van der Waals surface area contributed by atoms with Gasteiger partial charge >= 0.3 is 5.97 Å². The van der Waals surface area contributed by atoms with E-state index < -0.39 is 5.97 Å². The third kappa shape index (κ3) is 2.68. The van der Waals surface area contributed by atoms with E-state index in [0.29, 0.717) is 12.5 Å². The molecule has 20 heavy (non-hydrogen) atoms. The van der Waals surface area contributed by atoms with Crippen molar-refractivity contribution in [2.45, 2.75) is 57.0 Å². The SMILES string of the molecule is O=C(O)C1CCCC(C(=O)NC2CCN3CCCC23)C1. The molecule has 3 rings (SSSR count). The number of amides is 1. The summed E-state index contributed by atoms with van der Waals surface area (Å²) in [6.45, 7) is 2.26. The zero-order valence-corrected chi connectivity index (χ0v) is 11.9. The number of rotatable bonds is 3. The minimum absolute atomic E-state index is 0.0923. The van der Waals surface area contributed by atoms with Crippen molar-refractivity contribution in [3.63, 3.8) is 0 Å². The van der Waals surface area contributed by atoms with Gasteiger partial charge in [-0.1, -0.05) is 6.42 Å². The fourth-order valence-corrected chi connectivity index (χ4v) is 4.20. The number of nitrogens with one attached hydrogen (secondary N) is 1. The lowest BCUT2D eigenvalue weighted by Crippen LogP contribution is -2.45. The van der Waals surface area contributed by atoms with Crippen molar-refractivity contribution >= 4 is 11.9 Å². The van der Waals surface area contributed by atoms with Gasteiger partial charge in [-0.25, -0.2) is 0 Å². The Balaban J connectivity index is 1.55. The Morgan fingerprint density at radius 2 is 1.80 bits per heavy atom. The van der Waals surface area contributed by atoms with E-state index in [0.717, 1.165) is 32.2 Å². The van der Waals surface area contributed by atoms with E-state index in [1.165, 1.54) is 19.4 Å². The van der Waals surface area contributed by atoms with Crippen molar-refractivity contribution in [2.24, 2.45) is 11.8 Å². The van der Waals surface area contributed by atoms with Gasteiger partial charge in [0, 0.05) is 24.5 Å². The zero-order valence-electron chi connectivity index (χ0n) is 11.9. The topological polar surface area (TPSA) is 69.6 Å². The van der Waals surface area contributed by atoms with Crippen LogP contribution in [-0.4, -0.2) is 47.1 Å². The van der Waals surface area contributed by atoms with Crippen LogP contribution in [0.25, 0.3) is 0 Å². The van der Waals surface area contributed by atoms with Crippen molar-refractivity contribution in [3.05, 3.63) is 0 Å². The summed E-state index contributed by atoms with van der Waals surface area (Å²) in [5.41, 5.74) is 0. The van der Waals surface area contributed by atoms with Crippen LogP contribution in [0.4, 0.5) is 0 Å². The fourth-order valence-electron chi connectivity index (χ4n) is 4.20. The number of carbonyl (C=O) groups is 2. The number of hydrogen-bond donors (Lipinski definition) is 2. The molecule has 1 saturated carbocycles. The Morgan fingerprint density at radius 1 is 1.00 bits per heavy atom. The van der Waals surface area contributed by atoms with Gasteiger partial charge in [0.05, 0.1) is 5.92 Å². The highest BCUT2D eigenvalue weighted by Crippen LogP contribution is 2.31. The molecule has 0 aromatic heterocycles. The number of aliphatic carboxylic acids is 1. The van der Waals surface area contributed by atoms with Gasteiger partial charge in [0.15, 0.2) is 0 Å². The van der Waals surface area contributed by atoms with Crippen LogP contribution in [0.3, 0.4) is 0 Å². The number of nitrogens with zero attached hydrogens (tertiary/aromatic N) is 1. The van der Waals surface area contributed by atoms with Gasteiger partial charge < -0.3 is 10.4 Å². The third-order valence-corrected chi connectivity index (χ3v) is 5.33. The van der Waals surface area contributed by atoms with Crippen LogP contribution >= 0.6 is 0 Å². The lowest BCUT2D eigenvalue weighted by molar-refractivity contribution is -0.144. The quantitative estimate of drug-likeness (QED) is 0.816. The summed E-state index contributed by atoms with van der Waals surface area (Å²) < 4.78 is 0. The second-order valence-electron chi connectivity index (χ2n) is 6.55. The highest BCUT2D eigenvalue weighted by atomic mass is 16.4. The monoisotopic (exact) mass is 280 g/mol. The highest BCUT2D eigenvalue weighted by molar-refractivity contribution is 5.80. The van der Waals surface area contributed by atoms with Crippen molar-refractivity contribution in [2.75, 3.05) is 13.1 Å². The summed E-state index contributed by atoms with van der Waals surface area (Å²) in [5.74, 6) is -1.08. The van der Waals surface area contributed by atoms with Crippen molar-refractivity contribution in [3.8, 4) is 0 Å². The standard InChI is InChI=1S/C15H24N2O3/c18-14(10-3-1-4-11(9-10)15(19)20)16-12-6-8-17-7-2-5-13(12)17/h10-13H,1-9H2,(H,16,18)(H,19,20). The van der Waals surface area contributed by atoms with Gasteiger partial charge in [-0.3, -0.25) is 14.5 Å². The summed E-state index contributed by atoms with van der Waals surface area (Å²) in [5, 5.41) is 12.3. The highest BCUT2D eigenvalue weighted by Gasteiger charge is 2.39. The van der Waals surface area contributed by atoms with E-state index in [1.54, 1.807) is 0 Å². The molecule has 0 radical (unpaired) electrons. The molecule has 4 unspecified atom stereocenters. The van der Waals surface area contributed by atoms with Gasteiger partial charge in [0.2, 0.25) is 5.91 Å².